The van der Waals surface area contributed by atoms with E-state index in [-0.39, 0.29) is 6.29 Å². The Morgan fingerprint density at radius 3 is 2.46 bits per heavy atom. The monoisotopic (exact) mass is 186 g/mol. The summed E-state index contributed by atoms with van der Waals surface area (Å²) in [5.41, 5.74) is 0. The van der Waals surface area contributed by atoms with Crippen LogP contribution in [0.5, 0.6) is 0 Å². The summed E-state index contributed by atoms with van der Waals surface area (Å²) in [6.07, 6.45) is 7.78. The zero-order chi connectivity index (χ0) is 9.52. The molecule has 1 aliphatic rings. The van der Waals surface area contributed by atoms with E-state index in [0.29, 0.717) is 5.92 Å². The summed E-state index contributed by atoms with van der Waals surface area (Å²) in [6.45, 7) is 2.96. The van der Waals surface area contributed by atoms with Crippen molar-refractivity contribution in [2.24, 2.45) is 5.92 Å². The van der Waals surface area contributed by atoms with Gasteiger partial charge in [0.1, 0.15) is 0 Å². The SMILES string of the molecule is CCCOC(OC)C1CCCCC1. The fourth-order valence-corrected chi connectivity index (χ4v) is 2.04. The summed E-state index contributed by atoms with van der Waals surface area (Å²) in [5, 5.41) is 0. The second-order valence-electron chi connectivity index (χ2n) is 3.87. The van der Waals surface area contributed by atoms with Gasteiger partial charge in [0.2, 0.25) is 0 Å². The highest BCUT2D eigenvalue weighted by atomic mass is 16.7. The first-order valence-corrected chi connectivity index (χ1v) is 5.53. The van der Waals surface area contributed by atoms with E-state index in [1.807, 2.05) is 0 Å². The van der Waals surface area contributed by atoms with Gasteiger partial charge in [0, 0.05) is 19.6 Å². The number of hydrogen-bond donors (Lipinski definition) is 0. The van der Waals surface area contributed by atoms with E-state index in [2.05, 4.69) is 6.92 Å². The van der Waals surface area contributed by atoms with Gasteiger partial charge in [0.25, 0.3) is 0 Å². The number of hydrogen-bond acceptors (Lipinski definition) is 2. The second-order valence-corrected chi connectivity index (χ2v) is 3.87. The lowest BCUT2D eigenvalue weighted by atomic mass is 9.89. The summed E-state index contributed by atoms with van der Waals surface area (Å²) in [4.78, 5) is 0. The van der Waals surface area contributed by atoms with Gasteiger partial charge in [-0.1, -0.05) is 26.2 Å². The Morgan fingerprint density at radius 1 is 1.23 bits per heavy atom. The quantitative estimate of drug-likeness (QED) is 0.614. The zero-order valence-corrected chi connectivity index (χ0v) is 8.92. The zero-order valence-electron chi connectivity index (χ0n) is 8.92. The van der Waals surface area contributed by atoms with Crippen molar-refractivity contribution in [3.05, 3.63) is 0 Å². The molecule has 0 saturated heterocycles. The van der Waals surface area contributed by atoms with Crippen LogP contribution in [0.2, 0.25) is 0 Å². The summed E-state index contributed by atoms with van der Waals surface area (Å²) in [6, 6.07) is 0. The van der Waals surface area contributed by atoms with Crippen molar-refractivity contribution >= 4 is 0 Å². The van der Waals surface area contributed by atoms with Crippen molar-refractivity contribution in [2.45, 2.75) is 51.7 Å². The average molecular weight is 186 g/mol. The molecule has 1 atom stereocenters. The molecule has 1 unspecified atom stereocenters. The van der Waals surface area contributed by atoms with Crippen LogP contribution in [-0.2, 0) is 9.47 Å². The normalized spacial score (nSPS) is 21.7. The molecule has 0 aliphatic heterocycles. The van der Waals surface area contributed by atoms with E-state index in [4.69, 9.17) is 9.47 Å². The fourth-order valence-electron chi connectivity index (χ4n) is 2.04. The molecule has 2 heteroatoms. The molecule has 13 heavy (non-hydrogen) atoms. The molecule has 0 N–H and O–H groups in total. The summed E-state index contributed by atoms with van der Waals surface area (Å²) >= 11 is 0. The van der Waals surface area contributed by atoms with E-state index >= 15 is 0 Å². The van der Waals surface area contributed by atoms with Crippen LogP contribution in [0.25, 0.3) is 0 Å². The largest absolute Gasteiger partial charge is 0.356 e. The van der Waals surface area contributed by atoms with Gasteiger partial charge in [-0.3, -0.25) is 0 Å². The topological polar surface area (TPSA) is 18.5 Å². The first kappa shape index (κ1) is 11.0. The van der Waals surface area contributed by atoms with Gasteiger partial charge >= 0.3 is 0 Å². The highest BCUT2D eigenvalue weighted by Gasteiger charge is 2.23. The van der Waals surface area contributed by atoms with Crippen LogP contribution >= 0.6 is 0 Å². The Labute approximate surface area is 81.6 Å². The number of ether oxygens (including phenoxy) is 2. The molecule has 1 fully saturated rings. The lowest BCUT2D eigenvalue weighted by Gasteiger charge is -2.28. The van der Waals surface area contributed by atoms with Crippen LogP contribution in [0.3, 0.4) is 0 Å². The third-order valence-electron chi connectivity index (χ3n) is 2.75. The lowest BCUT2D eigenvalue weighted by Crippen LogP contribution is -2.28. The van der Waals surface area contributed by atoms with Crippen LogP contribution in [0, 0.1) is 5.92 Å². The van der Waals surface area contributed by atoms with E-state index in [1.54, 1.807) is 7.11 Å². The first-order chi connectivity index (χ1) is 6.38. The van der Waals surface area contributed by atoms with Crippen LogP contribution in [0.15, 0.2) is 0 Å². The average Bonchev–Trinajstić information content (AvgIpc) is 2.21. The van der Waals surface area contributed by atoms with Crippen LogP contribution in [0.4, 0.5) is 0 Å². The highest BCUT2D eigenvalue weighted by Crippen LogP contribution is 2.28. The van der Waals surface area contributed by atoms with Gasteiger partial charge < -0.3 is 9.47 Å². The van der Waals surface area contributed by atoms with Crippen LogP contribution < -0.4 is 0 Å². The van der Waals surface area contributed by atoms with Crippen molar-refractivity contribution < 1.29 is 9.47 Å². The molecule has 0 amide bonds. The predicted octanol–water partition coefficient (Wildman–Crippen LogP) is 2.97. The van der Waals surface area contributed by atoms with Crippen LogP contribution in [0.1, 0.15) is 45.4 Å². The summed E-state index contributed by atoms with van der Waals surface area (Å²) in [7, 11) is 1.76. The van der Waals surface area contributed by atoms with Crippen molar-refractivity contribution in [1.29, 1.82) is 0 Å². The third-order valence-corrected chi connectivity index (χ3v) is 2.75. The van der Waals surface area contributed by atoms with Gasteiger partial charge in [-0.15, -0.1) is 0 Å². The standard InChI is InChI=1S/C11H22O2/c1-3-9-13-11(12-2)10-7-5-4-6-8-10/h10-11H,3-9H2,1-2H3. The third kappa shape index (κ3) is 3.65. The number of methoxy groups -OCH3 is 1. The molecular weight excluding hydrogens is 164 g/mol. The molecule has 1 saturated carbocycles. The lowest BCUT2D eigenvalue weighted by molar-refractivity contribution is -0.161. The Hall–Kier alpha value is -0.0800. The molecule has 0 heterocycles. The molecule has 0 spiro atoms. The van der Waals surface area contributed by atoms with Crippen molar-refractivity contribution in [1.82, 2.24) is 0 Å². The minimum absolute atomic E-state index is 0.0558. The smallest absolute Gasteiger partial charge is 0.159 e. The maximum Gasteiger partial charge on any atom is 0.159 e. The van der Waals surface area contributed by atoms with Crippen molar-refractivity contribution in [3.8, 4) is 0 Å². The Morgan fingerprint density at radius 2 is 1.92 bits per heavy atom. The Kier molecular flexibility index (Phi) is 5.40. The molecule has 0 aromatic rings. The minimum atomic E-state index is 0.0558. The molecular formula is C11H22O2. The van der Waals surface area contributed by atoms with E-state index < -0.39 is 0 Å². The Bertz CT molecular complexity index is 119. The first-order valence-electron chi connectivity index (χ1n) is 5.53. The molecule has 0 aromatic heterocycles. The van der Waals surface area contributed by atoms with Crippen LogP contribution in [-0.4, -0.2) is 20.0 Å². The molecule has 78 valence electrons. The summed E-state index contributed by atoms with van der Waals surface area (Å²) < 4.78 is 11.0. The number of rotatable bonds is 5. The van der Waals surface area contributed by atoms with Gasteiger partial charge in [0.15, 0.2) is 6.29 Å². The molecule has 1 aliphatic carbocycles. The second kappa shape index (κ2) is 6.39. The van der Waals surface area contributed by atoms with Gasteiger partial charge in [0.05, 0.1) is 0 Å². The minimum Gasteiger partial charge on any atom is -0.356 e. The van der Waals surface area contributed by atoms with Gasteiger partial charge in [-0.25, -0.2) is 0 Å². The fraction of sp³-hybridized carbons (Fsp3) is 1.00. The Balaban J connectivity index is 2.26. The molecule has 0 aromatic carbocycles. The van der Waals surface area contributed by atoms with Gasteiger partial charge in [-0.05, 0) is 19.3 Å². The molecule has 0 bridgehead atoms. The summed E-state index contributed by atoms with van der Waals surface area (Å²) in [5.74, 6) is 0.644. The maximum atomic E-state index is 5.66. The highest BCUT2D eigenvalue weighted by molar-refractivity contribution is 4.68. The van der Waals surface area contributed by atoms with Crippen molar-refractivity contribution in [2.75, 3.05) is 13.7 Å². The van der Waals surface area contributed by atoms with Gasteiger partial charge in [-0.2, -0.15) is 0 Å². The molecule has 2 nitrogen and oxygen atoms in total. The molecule has 0 radical (unpaired) electrons. The molecule has 1 rings (SSSR count). The maximum absolute atomic E-state index is 5.66. The van der Waals surface area contributed by atoms with Crippen molar-refractivity contribution in [3.63, 3.8) is 0 Å². The van der Waals surface area contributed by atoms with E-state index in [0.717, 1.165) is 13.0 Å². The predicted molar refractivity (Wildman–Crippen MR) is 53.6 cm³/mol. The van der Waals surface area contributed by atoms with E-state index in [9.17, 15) is 0 Å². The van der Waals surface area contributed by atoms with E-state index in [1.165, 1.54) is 32.1 Å².